The highest BCUT2D eigenvalue weighted by Gasteiger charge is 2.23. The molecule has 0 saturated carbocycles. The van der Waals surface area contributed by atoms with Crippen LogP contribution < -0.4 is 0 Å². The van der Waals surface area contributed by atoms with Crippen LogP contribution in [0.1, 0.15) is 36.8 Å². The normalized spacial score (nSPS) is 13.6. The Labute approximate surface area is 141 Å². The molecule has 0 spiro atoms. The number of para-hydroxylation sites is 1. The van der Waals surface area contributed by atoms with Gasteiger partial charge in [-0.3, -0.25) is 4.79 Å². The monoisotopic (exact) mass is 323 g/mol. The first kappa shape index (κ1) is 16.3. The molecule has 3 rings (SSSR count). The lowest BCUT2D eigenvalue weighted by atomic mass is 10.1. The molecule has 3 aromatic rings. The summed E-state index contributed by atoms with van der Waals surface area (Å²) in [5, 5.41) is 11.3. The van der Waals surface area contributed by atoms with Crippen molar-refractivity contribution in [2.75, 3.05) is 7.05 Å². The fourth-order valence-electron chi connectivity index (χ4n) is 2.72. The van der Waals surface area contributed by atoms with Gasteiger partial charge in [0.2, 0.25) is 5.91 Å². The molecule has 2 atom stereocenters. The third-order valence-corrected chi connectivity index (χ3v) is 4.38. The molecule has 4 nitrogen and oxygen atoms in total. The van der Waals surface area contributed by atoms with E-state index < -0.39 is 6.10 Å². The minimum atomic E-state index is -0.802. The molecular formula is C20H21NO3. The smallest absolute Gasteiger partial charge is 0.225 e. The van der Waals surface area contributed by atoms with Gasteiger partial charge in [0.25, 0.3) is 0 Å². The van der Waals surface area contributed by atoms with Gasteiger partial charge in [0.15, 0.2) is 0 Å². The Morgan fingerprint density at radius 3 is 2.50 bits per heavy atom. The van der Waals surface area contributed by atoms with Crippen LogP contribution in [-0.4, -0.2) is 23.0 Å². The van der Waals surface area contributed by atoms with Crippen LogP contribution in [0, 0.1) is 0 Å². The van der Waals surface area contributed by atoms with Crippen molar-refractivity contribution in [1.82, 2.24) is 4.90 Å². The Bertz CT molecular complexity index is 792. The second-order valence-electron chi connectivity index (χ2n) is 6.00. The van der Waals surface area contributed by atoms with Gasteiger partial charge in [-0.1, -0.05) is 48.5 Å². The van der Waals surface area contributed by atoms with Crippen molar-refractivity contribution in [2.45, 2.75) is 25.5 Å². The summed E-state index contributed by atoms with van der Waals surface area (Å²) in [5.74, 6) is 0.612. The van der Waals surface area contributed by atoms with Crippen molar-refractivity contribution in [3.05, 3.63) is 72.0 Å². The predicted octanol–water partition coefficient (Wildman–Crippen LogP) is 4.08. The van der Waals surface area contributed by atoms with E-state index in [1.807, 2.05) is 67.6 Å². The molecule has 4 heteroatoms. The Morgan fingerprint density at radius 2 is 1.79 bits per heavy atom. The van der Waals surface area contributed by atoms with E-state index in [4.69, 9.17) is 4.42 Å². The average Bonchev–Trinajstić information content (AvgIpc) is 3.05. The van der Waals surface area contributed by atoms with Crippen molar-refractivity contribution < 1.29 is 14.3 Å². The van der Waals surface area contributed by atoms with Crippen molar-refractivity contribution in [1.29, 1.82) is 0 Å². The number of nitrogens with zero attached hydrogens (tertiary/aromatic N) is 1. The van der Waals surface area contributed by atoms with Crippen LogP contribution in [0.25, 0.3) is 11.0 Å². The van der Waals surface area contributed by atoms with E-state index >= 15 is 0 Å². The molecule has 0 aliphatic heterocycles. The molecule has 1 aromatic heterocycles. The quantitative estimate of drug-likeness (QED) is 0.770. The number of hydrogen-bond acceptors (Lipinski definition) is 3. The zero-order valence-corrected chi connectivity index (χ0v) is 13.8. The number of amides is 1. The SMILES string of the molecule is CC(c1cc2ccccc2o1)N(C)C(=O)CC(O)c1ccccc1. The highest BCUT2D eigenvalue weighted by molar-refractivity contribution is 5.79. The van der Waals surface area contributed by atoms with E-state index in [1.54, 1.807) is 11.9 Å². The van der Waals surface area contributed by atoms with Gasteiger partial charge in [0.05, 0.1) is 18.6 Å². The zero-order chi connectivity index (χ0) is 17.1. The van der Waals surface area contributed by atoms with Gasteiger partial charge in [-0.25, -0.2) is 0 Å². The van der Waals surface area contributed by atoms with Crippen molar-refractivity contribution in [3.63, 3.8) is 0 Å². The molecule has 124 valence electrons. The number of hydrogen-bond donors (Lipinski definition) is 1. The Hall–Kier alpha value is -2.59. The summed E-state index contributed by atoms with van der Waals surface area (Å²) in [6.45, 7) is 1.92. The van der Waals surface area contributed by atoms with E-state index in [0.29, 0.717) is 0 Å². The van der Waals surface area contributed by atoms with E-state index in [0.717, 1.165) is 22.3 Å². The summed E-state index contributed by atoms with van der Waals surface area (Å²) >= 11 is 0. The largest absolute Gasteiger partial charge is 0.459 e. The molecule has 1 amide bonds. The summed E-state index contributed by atoms with van der Waals surface area (Å²) in [6.07, 6.45) is -0.755. The number of aliphatic hydroxyl groups is 1. The van der Waals surface area contributed by atoms with Gasteiger partial charge < -0.3 is 14.4 Å². The number of aliphatic hydroxyl groups excluding tert-OH is 1. The maximum atomic E-state index is 12.5. The summed E-state index contributed by atoms with van der Waals surface area (Å²) in [5.41, 5.74) is 1.56. The Kier molecular flexibility index (Phi) is 4.67. The van der Waals surface area contributed by atoms with Crippen LogP contribution in [0.3, 0.4) is 0 Å². The fraction of sp³-hybridized carbons (Fsp3) is 0.250. The average molecular weight is 323 g/mol. The highest BCUT2D eigenvalue weighted by atomic mass is 16.3. The second-order valence-corrected chi connectivity index (χ2v) is 6.00. The summed E-state index contributed by atoms with van der Waals surface area (Å²) in [6, 6.07) is 18.7. The van der Waals surface area contributed by atoms with Crippen LogP contribution in [0.5, 0.6) is 0 Å². The number of fused-ring (bicyclic) bond motifs is 1. The van der Waals surface area contributed by atoms with Gasteiger partial charge in [-0.15, -0.1) is 0 Å². The second kappa shape index (κ2) is 6.89. The molecular weight excluding hydrogens is 302 g/mol. The minimum absolute atomic E-state index is 0.0467. The first-order valence-corrected chi connectivity index (χ1v) is 8.03. The molecule has 0 fully saturated rings. The maximum absolute atomic E-state index is 12.5. The molecule has 0 aliphatic carbocycles. The first-order valence-electron chi connectivity index (χ1n) is 8.03. The standard InChI is InChI=1S/C20H21NO3/c1-14(19-12-16-10-6-7-11-18(16)24-19)21(2)20(23)13-17(22)15-8-4-3-5-9-15/h3-12,14,17,22H,13H2,1-2H3. The molecule has 2 aromatic carbocycles. The lowest BCUT2D eigenvalue weighted by molar-refractivity contribution is -0.134. The van der Waals surface area contributed by atoms with Crippen LogP contribution in [0.4, 0.5) is 0 Å². The zero-order valence-electron chi connectivity index (χ0n) is 13.8. The number of furan rings is 1. The maximum Gasteiger partial charge on any atom is 0.225 e. The van der Waals surface area contributed by atoms with Crippen LogP contribution in [0.15, 0.2) is 65.1 Å². The summed E-state index contributed by atoms with van der Waals surface area (Å²) < 4.78 is 5.83. The number of carbonyl (C=O) groups excluding carboxylic acids is 1. The summed E-state index contributed by atoms with van der Waals surface area (Å²) in [7, 11) is 1.73. The van der Waals surface area contributed by atoms with Crippen molar-refractivity contribution >= 4 is 16.9 Å². The molecule has 1 heterocycles. The lowest BCUT2D eigenvalue weighted by Crippen LogP contribution is -2.30. The van der Waals surface area contributed by atoms with E-state index in [2.05, 4.69) is 0 Å². The molecule has 0 radical (unpaired) electrons. The Morgan fingerprint density at radius 1 is 1.12 bits per heavy atom. The van der Waals surface area contributed by atoms with Crippen LogP contribution in [0.2, 0.25) is 0 Å². The van der Waals surface area contributed by atoms with Gasteiger partial charge >= 0.3 is 0 Å². The molecule has 0 aliphatic rings. The molecule has 24 heavy (non-hydrogen) atoms. The number of rotatable bonds is 5. The molecule has 0 saturated heterocycles. The first-order chi connectivity index (χ1) is 11.6. The van der Waals surface area contributed by atoms with Gasteiger partial charge in [-0.05, 0) is 24.6 Å². The molecule has 0 bridgehead atoms. The summed E-state index contributed by atoms with van der Waals surface area (Å²) in [4.78, 5) is 14.1. The van der Waals surface area contributed by atoms with Gasteiger partial charge in [0.1, 0.15) is 11.3 Å². The third kappa shape index (κ3) is 3.34. The number of benzene rings is 2. The fourth-order valence-corrected chi connectivity index (χ4v) is 2.72. The molecule has 2 unspecified atom stereocenters. The predicted molar refractivity (Wildman–Crippen MR) is 93.4 cm³/mol. The van der Waals surface area contributed by atoms with Crippen molar-refractivity contribution in [3.8, 4) is 0 Å². The Balaban J connectivity index is 1.70. The topological polar surface area (TPSA) is 53.7 Å². The minimum Gasteiger partial charge on any atom is -0.459 e. The highest BCUT2D eigenvalue weighted by Crippen LogP contribution is 2.28. The molecule has 1 N–H and O–H groups in total. The van der Waals surface area contributed by atoms with Gasteiger partial charge in [0, 0.05) is 12.4 Å². The van der Waals surface area contributed by atoms with E-state index in [-0.39, 0.29) is 18.4 Å². The number of carbonyl (C=O) groups is 1. The van der Waals surface area contributed by atoms with Crippen LogP contribution >= 0.6 is 0 Å². The third-order valence-electron chi connectivity index (χ3n) is 4.38. The van der Waals surface area contributed by atoms with Crippen LogP contribution in [-0.2, 0) is 4.79 Å². The van der Waals surface area contributed by atoms with Gasteiger partial charge in [-0.2, -0.15) is 0 Å². The van der Waals surface area contributed by atoms with E-state index in [1.165, 1.54) is 0 Å². The lowest BCUT2D eigenvalue weighted by Gasteiger charge is -2.24. The van der Waals surface area contributed by atoms with Crippen molar-refractivity contribution in [2.24, 2.45) is 0 Å². The van der Waals surface area contributed by atoms with E-state index in [9.17, 15) is 9.90 Å².